The van der Waals surface area contributed by atoms with Crippen molar-refractivity contribution in [1.82, 2.24) is 4.98 Å². The number of rotatable bonds is 7. The number of aromatic nitrogens is 1. The summed E-state index contributed by atoms with van der Waals surface area (Å²) < 4.78 is 59.3. The minimum atomic E-state index is -4.83. The highest BCUT2D eigenvalue weighted by Gasteiger charge is 2.31. The molecule has 0 unspecified atom stereocenters. The first-order valence-corrected chi connectivity index (χ1v) is 7.80. The van der Waals surface area contributed by atoms with Gasteiger partial charge in [0.25, 0.3) is 0 Å². The number of allylic oxidation sites excluding steroid dienone is 4. The fourth-order valence-corrected chi connectivity index (χ4v) is 2.55. The maximum Gasteiger partial charge on any atom is 0.573 e. The number of benzene rings is 1. The van der Waals surface area contributed by atoms with Gasteiger partial charge < -0.3 is 14.5 Å². The molecule has 2 aromatic rings. The summed E-state index contributed by atoms with van der Waals surface area (Å²) in [5, 5.41) is 0.287. The molecule has 0 spiro atoms. The number of hydrogen-bond acceptors (Lipinski definition) is 3. The van der Waals surface area contributed by atoms with Crippen LogP contribution in [0.1, 0.15) is 23.7 Å². The molecule has 0 bridgehead atoms. The Balaban J connectivity index is 2.34. The van der Waals surface area contributed by atoms with Crippen molar-refractivity contribution in [2.75, 3.05) is 7.11 Å². The number of nitrogens with one attached hydrogen (secondary N) is 1. The number of ketones is 1. The third kappa shape index (κ3) is 5.22. The van der Waals surface area contributed by atoms with E-state index in [1.54, 1.807) is 13.0 Å². The summed E-state index contributed by atoms with van der Waals surface area (Å²) in [5.74, 6) is -1.41. The molecule has 1 aromatic carbocycles. The molecule has 1 heterocycles. The summed E-state index contributed by atoms with van der Waals surface area (Å²) in [4.78, 5) is 15.5. The Kier molecular flexibility index (Phi) is 6.09. The molecule has 0 aliphatic rings. The molecule has 8 heteroatoms. The Bertz CT molecular complexity index is 923. The number of hydrogen-bond donors (Lipinski definition) is 1. The molecule has 0 radical (unpaired) electrons. The Labute approximate surface area is 152 Å². The van der Waals surface area contributed by atoms with Gasteiger partial charge in [-0.3, -0.25) is 4.79 Å². The highest BCUT2D eigenvalue weighted by Crippen LogP contribution is 2.29. The molecule has 0 saturated carbocycles. The molecule has 0 aliphatic heterocycles. The van der Waals surface area contributed by atoms with Crippen molar-refractivity contribution in [3.63, 3.8) is 0 Å². The van der Waals surface area contributed by atoms with Gasteiger partial charge in [-0.15, -0.1) is 13.2 Å². The third-order valence-electron chi connectivity index (χ3n) is 3.71. The van der Waals surface area contributed by atoms with Crippen LogP contribution in [0.15, 0.2) is 60.3 Å². The number of aromatic amines is 1. The van der Waals surface area contributed by atoms with Crippen LogP contribution < -0.4 is 4.74 Å². The van der Waals surface area contributed by atoms with Crippen molar-refractivity contribution in [3.05, 3.63) is 65.8 Å². The quantitative estimate of drug-likeness (QED) is 0.293. The van der Waals surface area contributed by atoms with Gasteiger partial charge in [-0.2, -0.15) is 0 Å². The molecule has 1 aromatic heterocycles. The Morgan fingerprint density at radius 3 is 2.59 bits per heavy atom. The van der Waals surface area contributed by atoms with Crippen LogP contribution in [0.2, 0.25) is 0 Å². The van der Waals surface area contributed by atoms with Crippen LogP contribution in [-0.2, 0) is 4.74 Å². The number of carbonyl (C=O) groups is 1. The second kappa shape index (κ2) is 8.11. The fourth-order valence-electron chi connectivity index (χ4n) is 2.55. The average Bonchev–Trinajstić information content (AvgIpc) is 2.99. The zero-order valence-electron chi connectivity index (χ0n) is 14.6. The van der Waals surface area contributed by atoms with Crippen LogP contribution in [0.5, 0.6) is 5.75 Å². The van der Waals surface area contributed by atoms with E-state index in [0.717, 1.165) is 18.2 Å². The molecule has 4 nitrogen and oxygen atoms in total. The minimum absolute atomic E-state index is 0.138. The topological polar surface area (TPSA) is 51.3 Å². The number of H-pyrrole nitrogens is 1. The van der Waals surface area contributed by atoms with Gasteiger partial charge in [0.1, 0.15) is 17.3 Å². The molecule has 0 aliphatic carbocycles. The van der Waals surface area contributed by atoms with E-state index >= 15 is 0 Å². The average molecular weight is 383 g/mol. The van der Waals surface area contributed by atoms with Crippen molar-refractivity contribution in [1.29, 1.82) is 0 Å². The van der Waals surface area contributed by atoms with Gasteiger partial charge >= 0.3 is 6.36 Å². The third-order valence-corrected chi connectivity index (χ3v) is 3.71. The normalized spacial score (nSPS) is 13.0. The number of methoxy groups -OCH3 is 1. The highest BCUT2D eigenvalue weighted by atomic mass is 19.4. The predicted molar refractivity (Wildman–Crippen MR) is 93.0 cm³/mol. The first-order valence-electron chi connectivity index (χ1n) is 7.80. The zero-order chi connectivity index (χ0) is 20.2. The lowest BCUT2D eigenvalue weighted by Crippen LogP contribution is -2.17. The number of ether oxygens (including phenoxy) is 2. The van der Waals surface area contributed by atoms with Crippen LogP contribution in [0.3, 0.4) is 0 Å². The fraction of sp³-hybridized carbons (Fsp3) is 0.211. The molecule has 27 heavy (non-hydrogen) atoms. The second-order valence-electron chi connectivity index (χ2n) is 5.53. The lowest BCUT2D eigenvalue weighted by molar-refractivity contribution is -0.274. The molecule has 1 N–H and O–H groups in total. The Hall–Kier alpha value is -3.03. The van der Waals surface area contributed by atoms with Crippen LogP contribution in [-0.4, -0.2) is 24.2 Å². The summed E-state index contributed by atoms with van der Waals surface area (Å²) in [6.45, 7) is 4.78. The zero-order valence-corrected chi connectivity index (χ0v) is 14.6. The number of alkyl halides is 3. The van der Waals surface area contributed by atoms with Gasteiger partial charge in [0.2, 0.25) is 0 Å². The van der Waals surface area contributed by atoms with E-state index < -0.39 is 17.9 Å². The first kappa shape index (κ1) is 20.3. The highest BCUT2D eigenvalue weighted by molar-refractivity contribution is 6.09. The number of Topliss-reactive ketones (excluding diaryl/α,β-unsaturated/α-hetero) is 1. The lowest BCUT2D eigenvalue weighted by atomic mass is 10.0. The maximum absolute atomic E-state index is 13.1. The first-order chi connectivity index (χ1) is 12.6. The van der Waals surface area contributed by atoms with Crippen LogP contribution in [0.4, 0.5) is 17.6 Å². The van der Waals surface area contributed by atoms with E-state index in [1.807, 2.05) is 0 Å². The summed E-state index contributed by atoms with van der Waals surface area (Å²) in [6.07, 6.45) is -0.932. The molecule has 0 atom stereocenters. The van der Waals surface area contributed by atoms with Crippen molar-refractivity contribution >= 4 is 16.7 Å². The molecule has 2 rings (SSSR count). The van der Waals surface area contributed by atoms with Gasteiger partial charge in [0.05, 0.1) is 7.11 Å². The summed E-state index contributed by atoms with van der Waals surface area (Å²) in [7, 11) is 1.33. The number of carbonyl (C=O) groups excluding carboxylic acids is 1. The molecule has 144 valence electrons. The molecule has 0 fully saturated rings. The van der Waals surface area contributed by atoms with E-state index in [-0.39, 0.29) is 28.9 Å². The minimum Gasteiger partial charge on any atom is -0.496 e. The van der Waals surface area contributed by atoms with Gasteiger partial charge in [0.15, 0.2) is 5.78 Å². The van der Waals surface area contributed by atoms with E-state index in [0.29, 0.717) is 11.1 Å². The summed E-state index contributed by atoms with van der Waals surface area (Å²) in [6, 6.07) is 3.67. The predicted octanol–water partition coefficient (Wildman–Crippen LogP) is 5.60. The van der Waals surface area contributed by atoms with E-state index in [1.165, 1.54) is 19.4 Å². The van der Waals surface area contributed by atoms with E-state index in [2.05, 4.69) is 16.3 Å². The van der Waals surface area contributed by atoms with Gasteiger partial charge in [0, 0.05) is 35.2 Å². The molecule has 0 amide bonds. The van der Waals surface area contributed by atoms with Gasteiger partial charge in [-0.05, 0) is 30.7 Å². The van der Waals surface area contributed by atoms with Crippen molar-refractivity contribution in [3.8, 4) is 5.75 Å². The number of halogens is 4. The monoisotopic (exact) mass is 383 g/mol. The van der Waals surface area contributed by atoms with E-state index in [4.69, 9.17) is 4.74 Å². The maximum atomic E-state index is 13.1. The largest absolute Gasteiger partial charge is 0.573 e. The van der Waals surface area contributed by atoms with Gasteiger partial charge in [-0.1, -0.05) is 12.7 Å². The van der Waals surface area contributed by atoms with Crippen LogP contribution in [0.25, 0.3) is 10.9 Å². The van der Waals surface area contributed by atoms with Crippen molar-refractivity contribution in [2.45, 2.75) is 19.7 Å². The second-order valence-corrected chi connectivity index (χ2v) is 5.53. The molecular weight excluding hydrogens is 366 g/mol. The Morgan fingerprint density at radius 2 is 2.04 bits per heavy atom. The summed E-state index contributed by atoms with van der Waals surface area (Å²) in [5.41, 5.74) is 1.08. The summed E-state index contributed by atoms with van der Waals surface area (Å²) >= 11 is 0. The van der Waals surface area contributed by atoms with Crippen LogP contribution in [0, 0.1) is 0 Å². The number of fused-ring (bicyclic) bond motifs is 1. The van der Waals surface area contributed by atoms with E-state index in [9.17, 15) is 22.4 Å². The standard InChI is InChI=1S/C19H17F4NO3/c1-4-12(18(26-3)7-11(2)20)8-17(25)15-10-24-16-6-5-13(9-14(15)16)27-19(21,22)23/h4-7,9-10,24H,2,8H2,1,3H3/b12-4-,18-7+. The Morgan fingerprint density at radius 1 is 1.33 bits per heavy atom. The van der Waals surface area contributed by atoms with Crippen molar-refractivity contribution in [2.24, 2.45) is 0 Å². The lowest BCUT2D eigenvalue weighted by Gasteiger charge is -2.10. The SMILES string of the molecule is C=C(F)/C=C(OC)\C(=C/C)CC(=O)c1c[nH]c2ccc(OC(F)(F)F)cc12. The molecular formula is C19H17F4NO3. The van der Waals surface area contributed by atoms with Gasteiger partial charge in [-0.25, -0.2) is 4.39 Å². The molecule has 0 saturated heterocycles. The van der Waals surface area contributed by atoms with Crippen molar-refractivity contribution < 1.29 is 31.8 Å². The van der Waals surface area contributed by atoms with Crippen LogP contribution >= 0.6 is 0 Å². The smallest absolute Gasteiger partial charge is 0.496 e.